The van der Waals surface area contributed by atoms with Crippen molar-refractivity contribution < 1.29 is 4.42 Å². The molecule has 3 heteroatoms. The highest BCUT2D eigenvalue weighted by atomic mass is 16.3. The van der Waals surface area contributed by atoms with Crippen molar-refractivity contribution in [3.05, 3.63) is 103 Å². The molecule has 0 radical (unpaired) electrons. The summed E-state index contributed by atoms with van der Waals surface area (Å²) >= 11 is 0. The van der Waals surface area contributed by atoms with Crippen LogP contribution in [0.2, 0.25) is 0 Å². The molecule has 1 N–H and O–H groups in total. The van der Waals surface area contributed by atoms with Crippen molar-refractivity contribution in [1.29, 1.82) is 0 Å². The van der Waals surface area contributed by atoms with E-state index in [1.807, 2.05) is 30.5 Å². The predicted molar refractivity (Wildman–Crippen MR) is 136 cm³/mol. The summed E-state index contributed by atoms with van der Waals surface area (Å²) in [5, 5.41) is 5.99. The van der Waals surface area contributed by atoms with Gasteiger partial charge in [-0.05, 0) is 60.5 Å². The smallest absolute Gasteiger partial charge is 0.143 e. The van der Waals surface area contributed by atoms with Gasteiger partial charge in [0.1, 0.15) is 11.2 Å². The van der Waals surface area contributed by atoms with E-state index in [0.29, 0.717) is 0 Å². The summed E-state index contributed by atoms with van der Waals surface area (Å²) in [7, 11) is 0. The summed E-state index contributed by atoms with van der Waals surface area (Å²) in [5.74, 6) is 0. The van der Waals surface area contributed by atoms with Crippen molar-refractivity contribution in [3.8, 4) is 33.5 Å². The molecule has 6 aromatic rings. The summed E-state index contributed by atoms with van der Waals surface area (Å²) in [6.07, 6.45) is 1.84. The molecule has 3 nitrogen and oxygen atoms in total. The van der Waals surface area contributed by atoms with Crippen molar-refractivity contribution in [2.24, 2.45) is 0 Å². The van der Waals surface area contributed by atoms with Gasteiger partial charge in [-0.15, -0.1) is 0 Å². The van der Waals surface area contributed by atoms with Crippen LogP contribution < -0.4 is 5.32 Å². The summed E-state index contributed by atoms with van der Waals surface area (Å²) in [4.78, 5) is 4.58. The molecular formula is C30H20N2O. The number of benzene rings is 4. The Hall–Kier alpha value is -4.37. The number of nitrogens with zero attached hydrogens (tertiary/aromatic N) is 1. The quantitative estimate of drug-likeness (QED) is 0.288. The summed E-state index contributed by atoms with van der Waals surface area (Å²) in [5.41, 5.74) is 12.0. The minimum atomic E-state index is 0.914. The fourth-order valence-corrected chi connectivity index (χ4v) is 5.08. The molecule has 0 fully saturated rings. The number of rotatable bonds is 1. The molecule has 1 aliphatic heterocycles. The van der Waals surface area contributed by atoms with Gasteiger partial charge >= 0.3 is 0 Å². The second-order valence-electron chi connectivity index (χ2n) is 8.54. The van der Waals surface area contributed by atoms with Crippen molar-refractivity contribution in [3.63, 3.8) is 0 Å². The van der Waals surface area contributed by atoms with Crippen molar-refractivity contribution in [2.45, 2.75) is 6.92 Å². The Morgan fingerprint density at radius 2 is 1.52 bits per heavy atom. The monoisotopic (exact) mass is 424 g/mol. The van der Waals surface area contributed by atoms with Gasteiger partial charge in [0.15, 0.2) is 0 Å². The Balaban J connectivity index is 1.63. The number of anilines is 2. The Kier molecular flexibility index (Phi) is 3.76. The number of fused-ring (bicyclic) bond motifs is 10. The van der Waals surface area contributed by atoms with Gasteiger partial charge in [0, 0.05) is 50.6 Å². The van der Waals surface area contributed by atoms with Crippen LogP contribution in [0.3, 0.4) is 0 Å². The molecule has 0 saturated heterocycles. The normalized spacial score (nSPS) is 12.0. The van der Waals surface area contributed by atoms with E-state index in [0.717, 1.165) is 55.7 Å². The zero-order valence-corrected chi connectivity index (χ0v) is 18.1. The van der Waals surface area contributed by atoms with Crippen molar-refractivity contribution in [1.82, 2.24) is 4.98 Å². The zero-order chi connectivity index (χ0) is 21.9. The molecule has 3 heterocycles. The second-order valence-corrected chi connectivity index (χ2v) is 8.54. The highest BCUT2D eigenvalue weighted by Gasteiger charge is 2.24. The molecule has 4 aromatic carbocycles. The van der Waals surface area contributed by atoms with Crippen LogP contribution in [-0.2, 0) is 0 Å². The molecule has 0 atom stereocenters. The zero-order valence-electron chi connectivity index (χ0n) is 18.1. The van der Waals surface area contributed by atoms with Crippen LogP contribution in [0.25, 0.3) is 55.4 Å². The number of para-hydroxylation sites is 2. The average Bonchev–Trinajstić information content (AvgIpc) is 3.23. The first-order valence-electron chi connectivity index (χ1n) is 11.1. The van der Waals surface area contributed by atoms with Crippen molar-refractivity contribution in [2.75, 3.05) is 5.32 Å². The molecule has 1 aliphatic rings. The molecule has 33 heavy (non-hydrogen) atoms. The average molecular weight is 425 g/mol. The van der Waals surface area contributed by atoms with Crippen molar-refractivity contribution >= 4 is 33.3 Å². The maximum atomic E-state index is 6.44. The topological polar surface area (TPSA) is 38.1 Å². The molecule has 0 saturated carbocycles. The van der Waals surface area contributed by atoms with Gasteiger partial charge in [0.05, 0.1) is 5.69 Å². The van der Waals surface area contributed by atoms with Gasteiger partial charge in [-0.1, -0.05) is 48.5 Å². The molecule has 156 valence electrons. The number of aromatic nitrogens is 1. The van der Waals surface area contributed by atoms with Crippen LogP contribution in [0, 0.1) is 6.92 Å². The number of furan rings is 1. The van der Waals surface area contributed by atoms with E-state index in [9.17, 15) is 0 Å². The van der Waals surface area contributed by atoms with E-state index >= 15 is 0 Å². The SMILES string of the molecule is Cc1c2cc3c(oc4ccccc43)c1-c1ccccc1Nc1ccc(-c3ccccn3)cc1-2. The van der Waals surface area contributed by atoms with E-state index in [1.165, 1.54) is 16.7 Å². The molecule has 0 spiro atoms. The molecular weight excluding hydrogens is 404 g/mol. The molecule has 2 bridgehead atoms. The first-order chi connectivity index (χ1) is 16.3. The first-order valence-corrected chi connectivity index (χ1v) is 11.1. The number of hydrogen-bond donors (Lipinski definition) is 1. The molecule has 0 unspecified atom stereocenters. The Morgan fingerprint density at radius 3 is 2.42 bits per heavy atom. The Labute approximate surface area is 191 Å². The van der Waals surface area contributed by atoms with Crippen LogP contribution in [-0.4, -0.2) is 4.98 Å². The number of nitrogens with one attached hydrogen (secondary N) is 1. The maximum Gasteiger partial charge on any atom is 0.143 e. The lowest BCUT2D eigenvalue weighted by Gasteiger charge is -2.23. The third-order valence-corrected chi connectivity index (χ3v) is 6.66. The van der Waals surface area contributed by atoms with Crippen LogP contribution in [0.15, 0.2) is 102 Å². The minimum absolute atomic E-state index is 0.914. The molecule has 2 aromatic heterocycles. The van der Waals surface area contributed by atoms with E-state index < -0.39 is 0 Å². The predicted octanol–water partition coefficient (Wildman–Crippen LogP) is 8.35. The van der Waals surface area contributed by atoms with Crippen LogP contribution in [0.5, 0.6) is 0 Å². The highest BCUT2D eigenvalue weighted by molar-refractivity contribution is 6.14. The number of hydrogen-bond acceptors (Lipinski definition) is 3. The second kappa shape index (κ2) is 6.81. The molecule has 0 amide bonds. The summed E-state index contributed by atoms with van der Waals surface area (Å²) in [6, 6.07) is 31.6. The molecule has 0 aliphatic carbocycles. The van der Waals surface area contributed by atoms with Crippen LogP contribution in [0.4, 0.5) is 11.4 Å². The minimum Gasteiger partial charge on any atom is -0.455 e. The standard InChI is InChI=1S/C30H20N2O/c1-18-22-17-24-20-8-3-5-12-28(20)33-30(24)29(18)21-9-2-4-11-26(21)32-27-14-13-19(16-23(22)27)25-10-6-7-15-31-25/h2-17,32H,1H3. The molecule has 7 rings (SSSR count). The fourth-order valence-electron chi connectivity index (χ4n) is 5.08. The van der Waals surface area contributed by atoms with Gasteiger partial charge in [-0.25, -0.2) is 0 Å². The Morgan fingerprint density at radius 1 is 0.697 bits per heavy atom. The van der Waals surface area contributed by atoms with Gasteiger partial charge in [0.2, 0.25) is 0 Å². The maximum absolute atomic E-state index is 6.44. The summed E-state index contributed by atoms with van der Waals surface area (Å²) < 4.78 is 6.44. The van der Waals surface area contributed by atoms with E-state index in [-0.39, 0.29) is 0 Å². The lowest BCUT2D eigenvalue weighted by molar-refractivity contribution is 0.669. The van der Waals surface area contributed by atoms with E-state index in [2.05, 4.69) is 84.0 Å². The van der Waals surface area contributed by atoms with E-state index in [1.54, 1.807) is 0 Å². The third-order valence-electron chi connectivity index (χ3n) is 6.66. The van der Waals surface area contributed by atoms with Crippen LogP contribution >= 0.6 is 0 Å². The number of pyridine rings is 1. The third kappa shape index (κ3) is 2.66. The van der Waals surface area contributed by atoms with Gasteiger partial charge < -0.3 is 9.73 Å². The summed E-state index contributed by atoms with van der Waals surface area (Å²) in [6.45, 7) is 2.20. The van der Waals surface area contributed by atoms with E-state index in [4.69, 9.17) is 4.42 Å². The lowest BCUT2D eigenvalue weighted by atomic mass is 9.86. The fraction of sp³-hybridized carbons (Fsp3) is 0.0333. The highest BCUT2D eigenvalue weighted by Crippen LogP contribution is 2.48. The van der Waals surface area contributed by atoms with Crippen LogP contribution in [0.1, 0.15) is 5.56 Å². The largest absolute Gasteiger partial charge is 0.455 e. The first kappa shape index (κ1) is 18.2. The van der Waals surface area contributed by atoms with Gasteiger partial charge in [0.25, 0.3) is 0 Å². The lowest BCUT2D eigenvalue weighted by Crippen LogP contribution is -2.02. The Bertz CT molecular complexity index is 1700. The van der Waals surface area contributed by atoms with Gasteiger partial charge in [-0.2, -0.15) is 0 Å². The van der Waals surface area contributed by atoms with Gasteiger partial charge in [-0.3, -0.25) is 4.98 Å².